The SMILES string of the molecule is CC1OCCC1CNc1nc[nH]c(=O)c1I. The zero-order valence-electron chi connectivity index (χ0n) is 9.00. The second kappa shape index (κ2) is 5.13. The molecule has 1 aromatic rings. The monoisotopic (exact) mass is 335 g/mol. The molecule has 1 saturated heterocycles. The highest BCUT2D eigenvalue weighted by Gasteiger charge is 2.24. The number of halogens is 1. The molecule has 1 aliphatic rings. The van der Waals surface area contributed by atoms with E-state index in [2.05, 4.69) is 22.2 Å². The number of H-pyrrole nitrogens is 1. The molecule has 6 heteroatoms. The highest BCUT2D eigenvalue weighted by atomic mass is 127. The molecule has 2 unspecified atom stereocenters. The number of aromatic amines is 1. The van der Waals surface area contributed by atoms with Crippen LogP contribution < -0.4 is 10.9 Å². The van der Waals surface area contributed by atoms with Crippen molar-refractivity contribution >= 4 is 28.4 Å². The molecule has 1 fully saturated rings. The minimum Gasteiger partial charge on any atom is -0.378 e. The largest absolute Gasteiger partial charge is 0.378 e. The zero-order valence-corrected chi connectivity index (χ0v) is 11.2. The maximum atomic E-state index is 11.3. The smallest absolute Gasteiger partial charge is 0.266 e. The Balaban J connectivity index is 1.99. The van der Waals surface area contributed by atoms with E-state index in [1.54, 1.807) is 0 Å². The molecule has 2 heterocycles. The van der Waals surface area contributed by atoms with Gasteiger partial charge in [-0.15, -0.1) is 0 Å². The van der Waals surface area contributed by atoms with Crippen LogP contribution in [0.1, 0.15) is 13.3 Å². The standard InChI is InChI=1S/C10H14IN3O2/c1-6-7(2-3-16-6)4-12-9-8(11)10(15)14-5-13-9/h5-7H,2-4H2,1H3,(H2,12,13,14,15). The van der Waals surface area contributed by atoms with Crippen LogP contribution in [0.4, 0.5) is 5.82 Å². The normalized spacial score (nSPS) is 24.6. The van der Waals surface area contributed by atoms with E-state index in [4.69, 9.17) is 4.74 Å². The van der Waals surface area contributed by atoms with Crippen LogP contribution in [0.5, 0.6) is 0 Å². The van der Waals surface area contributed by atoms with Crippen molar-refractivity contribution in [1.29, 1.82) is 0 Å². The van der Waals surface area contributed by atoms with E-state index in [0.717, 1.165) is 19.6 Å². The Hall–Kier alpha value is -0.630. The van der Waals surface area contributed by atoms with Crippen molar-refractivity contribution in [3.8, 4) is 0 Å². The molecular formula is C10H14IN3O2. The third-order valence-corrected chi connectivity index (χ3v) is 3.86. The van der Waals surface area contributed by atoms with Gasteiger partial charge in [0.05, 0.1) is 12.4 Å². The van der Waals surface area contributed by atoms with Gasteiger partial charge in [-0.25, -0.2) is 4.98 Å². The lowest BCUT2D eigenvalue weighted by Crippen LogP contribution is -2.23. The molecule has 0 amide bonds. The number of nitrogens with zero attached hydrogens (tertiary/aromatic N) is 1. The molecule has 0 bridgehead atoms. The molecule has 0 spiro atoms. The fourth-order valence-corrected chi connectivity index (χ4v) is 2.26. The van der Waals surface area contributed by atoms with Crippen molar-refractivity contribution in [2.24, 2.45) is 5.92 Å². The van der Waals surface area contributed by atoms with Crippen molar-refractivity contribution in [1.82, 2.24) is 9.97 Å². The lowest BCUT2D eigenvalue weighted by atomic mass is 10.0. The van der Waals surface area contributed by atoms with Gasteiger partial charge in [0, 0.05) is 19.1 Å². The molecule has 5 nitrogen and oxygen atoms in total. The average Bonchev–Trinajstić information content (AvgIpc) is 2.67. The van der Waals surface area contributed by atoms with E-state index in [1.807, 2.05) is 22.6 Å². The predicted molar refractivity (Wildman–Crippen MR) is 69.6 cm³/mol. The zero-order chi connectivity index (χ0) is 11.5. The Morgan fingerprint density at radius 2 is 2.56 bits per heavy atom. The molecule has 0 aromatic carbocycles. The number of anilines is 1. The molecule has 2 N–H and O–H groups in total. The van der Waals surface area contributed by atoms with Gasteiger partial charge in [-0.05, 0) is 35.9 Å². The Labute approximate surface area is 107 Å². The van der Waals surface area contributed by atoms with E-state index in [1.165, 1.54) is 6.33 Å². The van der Waals surface area contributed by atoms with Crippen LogP contribution in [0.25, 0.3) is 0 Å². The van der Waals surface area contributed by atoms with E-state index in [-0.39, 0.29) is 11.7 Å². The van der Waals surface area contributed by atoms with Crippen molar-refractivity contribution in [3.05, 3.63) is 20.3 Å². The van der Waals surface area contributed by atoms with E-state index in [0.29, 0.717) is 15.3 Å². The summed E-state index contributed by atoms with van der Waals surface area (Å²) in [6, 6.07) is 0. The summed E-state index contributed by atoms with van der Waals surface area (Å²) >= 11 is 2.00. The van der Waals surface area contributed by atoms with Gasteiger partial charge < -0.3 is 15.0 Å². The summed E-state index contributed by atoms with van der Waals surface area (Å²) in [5, 5.41) is 3.21. The first-order chi connectivity index (χ1) is 7.68. The van der Waals surface area contributed by atoms with Crippen LogP contribution in [-0.2, 0) is 4.74 Å². The molecule has 1 aromatic heterocycles. The minimum atomic E-state index is -0.103. The van der Waals surface area contributed by atoms with E-state index >= 15 is 0 Å². The molecule has 0 aliphatic carbocycles. The van der Waals surface area contributed by atoms with Crippen LogP contribution in [0, 0.1) is 9.49 Å². The van der Waals surface area contributed by atoms with Crippen LogP contribution in [0.15, 0.2) is 11.1 Å². The quantitative estimate of drug-likeness (QED) is 0.815. The Bertz CT molecular complexity index is 421. The van der Waals surface area contributed by atoms with E-state index in [9.17, 15) is 4.79 Å². The van der Waals surface area contributed by atoms with Gasteiger partial charge in [0.2, 0.25) is 0 Å². The summed E-state index contributed by atoms with van der Waals surface area (Å²) < 4.78 is 6.08. The van der Waals surface area contributed by atoms with E-state index < -0.39 is 0 Å². The van der Waals surface area contributed by atoms with Crippen molar-refractivity contribution in [2.75, 3.05) is 18.5 Å². The molecule has 16 heavy (non-hydrogen) atoms. The fraction of sp³-hybridized carbons (Fsp3) is 0.600. The second-order valence-electron chi connectivity index (χ2n) is 3.90. The molecule has 88 valence electrons. The second-order valence-corrected chi connectivity index (χ2v) is 4.98. The van der Waals surface area contributed by atoms with Gasteiger partial charge in [-0.2, -0.15) is 0 Å². The first kappa shape index (κ1) is 11.8. The van der Waals surface area contributed by atoms with Gasteiger partial charge in [0.1, 0.15) is 9.39 Å². The van der Waals surface area contributed by atoms with Gasteiger partial charge in [0.15, 0.2) is 0 Å². The lowest BCUT2D eigenvalue weighted by molar-refractivity contribution is 0.108. The van der Waals surface area contributed by atoms with Gasteiger partial charge in [0.25, 0.3) is 5.56 Å². The molecule has 0 saturated carbocycles. The lowest BCUT2D eigenvalue weighted by Gasteiger charge is -2.15. The molecule has 1 aliphatic heterocycles. The fourth-order valence-electron chi connectivity index (χ4n) is 1.78. The Kier molecular flexibility index (Phi) is 3.80. The van der Waals surface area contributed by atoms with Gasteiger partial charge in [-0.3, -0.25) is 4.79 Å². The predicted octanol–water partition coefficient (Wildman–Crippen LogP) is 1.21. The highest BCUT2D eigenvalue weighted by Crippen LogP contribution is 2.21. The van der Waals surface area contributed by atoms with Crippen LogP contribution in [-0.4, -0.2) is 29.2 Å². The molecular weight excluding hydrogens is 321 g/mol. The van der Waals surface area contributed by atoms with Crippen LogP contribution in [0.3, 0.4) is 0 Å². The first-order valence-corrected chi connectivity index (χ1v) is 6.35. The summed E-state index contributed by atoms with van der Waals surface area (Å²) in [7, 11) is 0. The van der Waals surface area contributed by atoms with Gasteiger partial charge in [-0.1, -0.05) is 0 Å². The summed E-state index contributed by atoms with van der Waals surface area (Å²) in [6.07, 6.45) is 2.77. The van der Waals surface area contributed by atoms with Crippen molar-refractivity contribution in [2.45, 2.75) is 19.4 Å². The number of aromatic nitrogens is 2. The summed E-state index contributed by atoms with van der Waals surface area (Å²) in [5.41, 5.74) is -0.103. The Morgan fingerprint density at radius 3 is 3.25 bits per heavy atom. The van der Waals surface area contributed by atoms with Crippen molar-refractivity contribution in [3.63, 3.8) is 0 Å². The molecule has 0 radical (unpaired) electrons. The topological polar surface area (TPSA) is 67.0 Å². The third kappa shape index (κ3) is 2.54. The van der Waals surface area contributed by atoms with Gasteiger partial charge >= 0.3 is 0 Å². The summed E-state index contributed by atoms with van der Waals surface area (Å²) in [5.74, 6) is 1.15. The number of hydrogen-bond donors (Lipinski definition) is 2. The van der Waals surface area contributed by atoms with Crippen LogP contribution in [0.2, 0.25) is 0 Å². The average molecular weight is 335 g/mol. The molecule has 2 rings (SSSR count). The number of rotatable bonds is 3. The minimum absolute atomic E-state index is 0.103. The number of nitrogens with one attached hydrogen (secondary N) is 2. The maximum Gasteiger partial charge on any atom is 0.266 e. The summed E-state index contributed by atoms with van der Waals surface area (Å²) in [4.78, 5) is 18.0. The number of hydrogen-bond acceptors (Lipinski definition) is 4. The third-order valence-electron chi connectivity index (χ3n) is 2.86. The first-order valence-electron chi connectivity index (χ1n) is 5.27. The highest BCUT2D eigenvalue weighted by molar-refractivity contribution is 14.1. The number of ether oxygens (including phenoxy) is 1. The Morgan fingerprint density at radius 1 is 1.75 bits per heavy atom. The maximum absolute atomic E-state index is 11.3. The summed E-state index contributed by atoms with van der Waals surface area (Å²) in [6.45, 7) is 3.70. The van der Waals surface area contributed by atoms with Crippen LogP contribution >= 0.6 is 22.6 Å². The molecule has 2 atom stereocenters. The van der Waals surface area contributed by atoms with Crippen molar-refractivity contribution < 1.29 is 4.74 Å².